The lowest BCUT2D eigenvalue weighted by Crippen LogP contribution is -2.28. The number of rotatable bonds is 3. The van der Waals surface area contributed by atoms with Crippen LogP contribution in [0, 0.1) is 11.3 Å². The summed E-state index contributed by atoms with van der Waals surface area (Å²) in [4.78, 5) is 4.30. The van der Waals surface area contributed by atoms with E-state index in [4.69, 9.17) is 16.9 Å². The molecule has 0 spiro atoms. The molecule has 5 heteroatoms. The number of hydrogen-bond donors (Lipinski definition) is 1. The Morgan fingerprint density at radius 3 is 2.83 bits per heavy atom. The zero-order valence-electron chi connectivity index (χ0n) is 10.1. The topological polar surface area (TPSA) is 48.7 Å². The van der Waals surface area contributed by atoms with Gasteiger partial charge in [-0.15, -0.1) is 11.3 Å². The summed E-state index contributed by atoms with van der Waals surface area (Å²) in [6.45, 7) is 4.06. The minimum absolute atomic E-state index is 0.326. The van der Waals surface area contributed by atoms with Crippen LogP contribution >= 0.6 is 22.9 Å². The fourth-order valence-electron chi connectivity index (χ4n) is 1.64. The van der Waals surface area contributed by atoms with Crippen molar-refractivity contribution in [2.24, 2.45) is 0 Å². The van der Waals surface area contributed by atoms with Gasteiger partial charge in [0.1, 0.15) is 11.1 Å². The number of aromatic nitrogens is 1. The van der Waals surface area contributed by atoms with Crippen LogP contribution in [0.5, 0.6) is 0 Å². The fourth-order valence-corrected chi connectivity index (χ4v) is 2.53. The Hall–Kier alpha value is -1.57. The van der Waals surface area contributed by atoms with Crippen molar-refractivity contribution < 1.29 is 0 Å². The lowest BCUT2D eigenvalue weighted by Gasteiger charge is -2.25. The summed E-state index contributed by atoms with van der Waals surface area (Å²) in [5.41, 5.74) is 0.974. The van der Waals surface area contributed by atoms with E-state index in [9.17, 15) is 0 Å². The summed E-state index contributed by atoms with van der Waals surface area (Å²) < 4.78 is 0. The number of anilines is 1. The summed E-state index contributed by atoms with van der Waals surface area (Å²) in [6.07, 6.45) is 1.77. The standard InChI is InChI=1S/C13H12ClN3S/c1-13(2,12-16-5-6-18-12)17-11-4-3-10(14)7-9(11)8-15/h3-7,17H,1-2H3. The van der Waals surface area contributed by atoms with Gasteiger partial charge in [-0.2, -0.15) is 5.26 Å². The molecule has 92 valence electrons. The maximum atomic E-state index is 9.11. The smallest absolute Gasteiger partial charge is 0.117 e. The third kappa shape index (κ3) is 2.63. The van der Waals surface area contributed by atoms with Crippen LogP contribution in [0.4, 0.5) is 5.69 Å². The largest absolute Gasteiger partial charge is 0.373 e. The molecule has 1 aromatic carbocycles. The molecule has 1 aromatic heterocycles. The van der Waals surface area contributed by atoms with Gasteiger partial charge in [0.2, 0.25) is 0 Å². The predicted octanol–water partition coefficient (Wildman–Crippen LogP) is 4.02. The van der Waals surface area contributed by atoms with Gasteiger partial charge in [-0.05, 0) is 32.0 Å². The maximum absolute atomic E-state index is 9.11. The van der Waals surface area contributed by atoms with Crippen molar-refractivity contribution in [1.29, 1.82) is 5.26 Å². The fraction of sp³-hybridized carbons (Fsp3) is 0.231. The highest BCUT2D eigenvalue weighted by atomic mass is 35.5. The lowest BCUT2D eigenvalue weighted by molar-refractivity contribution is 0.604. The molecule has 0 bridgehead atoms. The zero-order valence-corrected chi connectivity index (χ0v) is 11.6. The van der Waals surface area contributed by atoms with Crippen molar-refractivity contribution in [1.82, 2.24) is 4.98 Å². The highest BCUT2D eigenvalue weighted by Crippen LogP contribution is 2.29. The molecular formula is C13H12ClN3S. The van der Waals surface area contributed by atoms with Crippen molar-refractivity contribution in [3.8, 4) is 6.07 Å². The van der Waals surface area contributed by atoms with Crippen LogP contribution in [0.3, 0.4) is 0 Å². The second-order valence-corrected chi connectivity index (χ2v) is 5.72. The second-order valence-electron chi connectivity index (χ2n) is 4.39. The van der Waals surface area contributed by atoms with E-state index >= 15 is 0 Å². The highest BCUT2D eigenvalue weighted by Gasteiger charge is 2.23. The molecule has 1 N–H and O–H groups in total. The number of nitriles is 1. The molecule has 0 aliphatic rings. The molecule has 0 radical (unpaired) electrons. The van der Waals surface area contributed by atoms with Gasteiger partial charge in [0.15, 0.2) is 0 Å². The van der Waals surface area contributed by atoms with Crippen molar-refractivity contribution in [2.45, 2.75) is 19.4 Å². The van der Waals surface area contributed by atoms with Crippen LogP contribution in [0.1, 0.15) is 24.4 Å². The average Bonchev–Trinajstić information content (AvgIpc) is 2.85. The zero-order chi connectivity index (χ0) is 13.2. The number of thiazole rings is 1. The Labute approximate surface area is 115 Å². The van der Waals surface area contributed by atoms with E-state index in [-0.39, 0.29) is 5.54 Å². The number of nitrogens with one attached hydrogen (secondary N) is 1. The van der Waals surface area contributed by atoms with Crippen molar-refractivity contribution in [3.05, 3.63) is 45.4 Å². The Morgan fingerprint density at radius 2 is 2.22 bits per heavy atom. The van der Waals surface area contributed by atoms with Crippen molar-refractivity contribution >= 4 is 28.6 Å². The summed E-state index contributed by atoms with van der Waals surface area (Å²) in [7, 11) is 0. The molecule has 0 aliphatic heterocycles. The number of halogens is 1. The molecule has 2 aromatic rings. The van der Waals surface area contributed by atoms with Gasteiger partial charge in [0.25, 0.3) is 0 Å². The first kappa shape index (κ1) is 12.9. The van der Waals surface area contributed by atoms with E-state index in [1.165, 1.54) is 0 Å². The molecule has 2 rings (SSSR count). The Morgan fingerprint density at radius 1 is 1.44 bits per heavy atom. The van der Waals surface area contributed by atoms with Crippen LogP contribution in [0.2, 0.25) is 5.02 Å². The summed E-state index contributed by atoms with van der Waals surface area (Å²) in [5, 5.41) is 15.9. The van der Waals surface area contributed by atoms with Gasteiger partial charge >= 0.3 is 0 Å². The van der Waals surface area contributed by atoms with E-state index < -0.39 is 0 Å². The van der Waals surface area contributed by atoms with Gasteiger partial charge in [-0.25, -0.2) is 4.98 Å². The first-order valence-corrected chi connectivity index (χ1v) is 6.66. The molecular weight excluding hydrogens is 266 g/mol. The third-order valence-electron chi connectivity index (χ3n) is 2.52. The van der Waals surface area contributed by atoms with Gasteiger partial charge in [0, 0.05) is 16.6 Å². The lowest BCUT2D eigenvalue weighted by atomic mass is 10.0. The van der Waals surface area contributed by atoms with Gasteiger partial charge in [-0.3, -0.25) is 0 Å². The molecule has 0 aliphatic carbocycles. The quantitative estimate of drug-likeness (QED) is 0.922. The van der Waals surface area contributed by atoms with Crippen molar-refractivity contribution in [3.63, 3.8) is 0 Å². The first-order valence-electron chi connectivity index (χ1n) is 5.41. The summed E-state index contributed by atoms with van der Waals surface area (Å²) >= 11 is 7.46. The molecule has 3 nitrogen and oxygen atoms in total. The Balaban J connectivity index is 2.32. The molecule has 0 fully saturated rings. The van der Waals surface area contributed by atoms with Gasteiger partial charge in [-0.1, -0.05) is 11.6 Å². The molecule has 0 saturated carbocycles. The molecule has 1 heterocycles. The van der Waals surface area contributed by atoms with Crippen LogP contribution in [-0.2, 0) is 5.54 Å². The Bertz CT molecular complexity index is 585. The number of hydrogen-bond acceptors (Lipinski definition) is 4. The van der Waals surface area contributed by atoms with Gasteiger partial charge in [0.05, 0.1) is 16.8 Å². The number of benzene rings is 1. The monoisotopic (exact) mass is 277 g/mol. The van der Waals surface area contributed by atoms with E-state index in [0.29, 0.717) is 10.6 Å². The minimum atomic E-state index is -0.326. The van der Waals surface area contributed by atoms with E-state index in [1.54, 1.807) is 29.7 Å². The minimum Gasteiger partial charge on any atom is -0.373 e. The van der Waals surface area contributed by atoms with E-state index in [2.05, 4.69) is 16.4 Å². The van der Waals surface area contributed by atoms with Crippen LogP contribution in [-0.4, -0.2) is 4.98 Å². The second kappa shape index (κ2) is 4.97. The third-order valence-corrected chi connectivity index (χ3v) is 3.85. The normalized spacial score (nSPS) is 11.0. The predicted molar refractivity (Wildman–Crippen MR) is 74.9 cm³/mol. The Kier molecular flexibility index (Phi) is 3.55. The SMILES string of the molecule is CC(C)(Nc1ccc(Cl)cc1C#N)c1nccs1. The molecule has 18 heavy (non-hydrogen) atoms. The molecule has 0 saturated heterocycles. The number of nitrogens with zero attached hydrogens (tertiary/aromatic N) is 2. The molecule has 0 atom stereocenters. The van der Waals surface area contributed by atoms with E-state index in [0.717, 1.165) is 10.7 Å². The summed E-state index contributed by atoms with van der Waals surface area (Å²) in [6, 6.07) is 7.38. The highest BCUT2D eigenvalue weighted by molar-refractivity contribution is 7.09. The average molecular weight is 278 g/mol. The van der Waals surface area contributed by atoms with Crippen LogP contribution in [0.25, 0.3) is 0 Å². The van der Waals surface area contributed by atoms with Crippen molar-refractivity contribution in [2.75, 3.05) is 5.32 Å². The molecule has 0 unspecified atom stereocenters. The first-order chi connectivity index (χ1) is 8.53. The van der Waals surface area contributed by atoms with E-state index in [1.807, 2.05) is 25.3 Å². The molecule has 0 amide bonds. The van der Waals surface area contributed by atoms with Crippen LogP contribution in [0.15, 0.2) is 29.8 Å². The van der Waals surface area contributed by atoms with Gasteiger partial charge < -0.3 is 5.32 Å². The van der Waals surface area contributed by atoms with Crippen LogP contribution < -0.4 is 5.32 Å². The summed E-state index contributed by atoms with van der Waals surface area (Å²) in [5.74, 6) is 0. The maximum Gasteiger partial charge on any atom is 0.117 e.